The van der Waals surface area contributed by atoms with Gasteiger partial charge in [0.2, 0.25) is 5.16 Å². The van der Waals surface area contributed by atoms with Gasteiger partial charge in [-0.25, -0.2) is 4.39 Å². The van der Waals surface area contributed by atoms with Crippen LogP contribution in [0.25, 0.3) is 11.4 Å². The summed E-state index contributed by atoms with van der Waals surface area (Å²) in [6, 6.07) is 10.1. The third-order valence-electron chi connectivity index (χ3n) is 3.27. The van der Waals surface area contributed by atoms with Crippen molar-refractivity contribution >= 4 is 17.5 Å². The van der Waals surface area contributed by atoms with Crippen molar-refractivity contribution < 1.29 is 4.39 Å². The fourth-order valence-electron chi connectivity index (χ4n) is 2.19. The minimum absolute atomic E-state index is 0.256. The van der Waals surface area contributed by atoms with Crippen molar-refractivity contribution in [2.75, 3.05) is 5.75 Å². The molecule has 0 fully saturated rings. The molecule has 0 N–H and O–H groups in total. The molecular weight excluding hydrogens is 301 g/mol. The molecule has 0 amide bonds. The predicted octanol–water partition coefficient (Wildman–Crippen LogP) is 2.84. The highest BCUT2D eigenvalue weighted by molar-refractivity contribution is 7.99. The van der Waals surface area contributed by atoms with Gasteiger partial charge >= 0.3 is 0 Å². The molecule has 0 spiro atoms. The molecule has 5 nitrogen and oxygen atoms in total. The van der Waals surface area contributed by atoms with Crippen molar-refractivity contribution in [1.29, 1.82) is 0 Å². The van der Waals surface area contributed by atoms with E-state index in [9.17, 15) is 4.39 Å². The Bertz CT molecular complexity index is 842. The quantitative estimate of drug-likeness (QED) is 0.730. The van der Waals surface area contributed by atoms with E-state index in [4.69, 9.17) is 0 Å². The first-order valence-electron chi connectivity index (χ1n) is 6.64. The number of hydrogen-bond donors (Lipinski definition) is 0. The van der Waals surface area contributed by atoms with Gasteiger partial charge in [0.15, 0.2) is 5.82 Å². The number of fused-ring (bicyclic) bond motifs is 1. The molecular formula is C15H10FN5S. The number of benzene rings is 1. The van der Waals surface area contributed by atoms with Crippen molar-refractivity contribution in [3.8, 4) is 11.4 Å². The Morgan fingerprint density at radius 1 is 1.05 bits per heavy atom. The molecule has 22 heavy (non-hydrogen) atoms. The summed E-state index contributed by atoms with van der Waals surface area (Å²) in [6.07, 6.45) is 3.43. The number of aromatic nitrogens is 4. The van der Waals surface area contributed by atoms with Crippen LogP contribution >= 0.6 is 11.8 Å². The molecule has 0 saturated heterocycles. The first-order valence-corrected chi connectivity index (χ1v) is 7.62. The van der Waals surface area contributed by atoms with Crippen LogP contribution in [0.5, 0.6) is 0 Å². The summed E-state index contributed by atoms with van der Waals surface area (Å²) < 4.78 is 14.8. The second kappa shape index (κ2) is 5.34. The van der Waals surface area contributed by atoms with Crippen LogP contribution in [0, 0.1) is 5.82 Å². The summed E-state index contributed by atoms with van der Waals surface area (Å²) in [5, 5.41) is 13.7. The Balaban J connectivity index is 1.79. The third kappa shape index (κ3) is 2.29. The molecule has 3 aromatic rings. The Hall–Kier alpha value is -2.54. The average molecular weight is 311 g/mol. The van der Waals surface area contributed by atoms with Gasteiger partial charge in [0.05, 0.1) is 5.71 Å². The minimum Gasteiger partial charge on any atom is -0.264 e. The van der Waals surface area contributed by atoms with E-state index in [1.165, 1.54) is 12.1 Å². The smallest absolute Gasteiger partial charge is 0.212 e. The van der Waals surface area contributed by atoms with Crippen LogP contribution in [0.4, 0.5) is 4.39 Å². The minimum atomic E-state index is -0.256. The number of pyridine rings is 1. The maximum Gasteiger partial charge on any atom is 0.212 e. The molecule has 0 unspecified atom stereocenters. The number of rotatable bonds is 2. The molecule has 108 valence electrons. The Morgan fingerprint density at radius 3 is 2.68 bits per heavy atom. The summed E-state index contributed by atoms with van der Waals surface area (Å²) in [6.45, 7) is 0. The maximum absolute atomic E-state index is 13.1. The Kier molecular flexibility index (Phi) is 3.19. The van der Waals surface area contributed by atoms with Gasteiger partial charge in [-0.15, -0.1) is 10.2 Å². The zero-order valence-electron chi connectivity index (χ0n) is 11.3. The highest BCUT2D eigenvalue weighted by Gasteiger charge is 2.20. The predicted molar refractivity (Wildman–Crippen MR) is 82.3 cm³/mol. The summed E-state index contributed by atoms with van der Waals surface area (Å²) in [4.78, 5) is 4.10. The lowest BCUT2D eigenvalue weighted by atomic mass is 10.1. The number of halogens is 1. The highest BCUT2D eigenvalue weighted by atomic mass is 32.2. The van der Waals surface area contributed by atoms with Gasteiger partial charge in [-0.05, 0) is 29.8 Å². The van der Waals surface area contributed by atoms with E-state index in [1.807, 2.05) is 12.1 Å². The first-order chi connectivity index (χ1) is 10.8. The van der Waals surface area contributed by atoms with Gasteiger partial charge < -0.3 is 0 Å². The van der Waals surface area contributed by atoms with E-state index in [0.29, 0.717) is 11.6 Å². The molecule has 3 heterocycles. The van der Waals surface area contributed by atoms with Crippen LogP contribution in [0.1, 0.15) is 5.56 Å². The fraction of sp³-hybridized carbons (Fsp3) is 0.0667. The lowest BCUT2D eigenvalue weighted by Crippen LogP contribution is -2.13. The number of hydrogen-bond acceptors (Lipinski definition) is 5. The van der Waals surface area contributed by atoms with Crippen LogP contribution in [0.2, 0.25) is 0 Å². The van der Waals surface area contributed by atoms with E-state index >= 15 is 0 Å². The van der Waals surface area contributed by atoms with Gasteiger partial charge in [0, 0.05) is 23.7 Å². The molecule has 0 saturated carbocycles. The van der Waals surface area contributed by atoms with Crippen LogP contribution in [0.15, 0.2) is 59.0 Å². The van der Waals surface area contributed by atoms with Crippen molar-refractivity contribution in [2.45, 2.75) is 5.16 Å². The van der Waals surface area contributed by atoms with Crippen molar-refractivity contribution in [1.82, 2.24) is 19.9 Å². The lowest BCUT2D eigenvalue weighted by molar-refractivity contribution is 0.627. The normalized spacial score (nSPS) is 13.6. The Labute approximate surface area is 129 Å². The topological polar surface area (TPSA) is 56.0 Å². The zero-order chi connectivity index (χ0) is 14.9. The van der Waals surface area contributed by atoms with Gasteiger partial charge in [0.25, 0.3) is 0 Å². The average Bonchev–Trinajstić information content (AvgIpc) is 2.99. The molecule has 1 aliphatic heterocycles. The monoisotopic (exact) mass is 311 g/mol. The second-order valence-electron chi connectivity index (χ2n) is 4.70. The van der Waals surface area contributed by atoms with E-state index in [0.717, 1.165) is 22.0 Å². The van der Waals surface area contributed by atoms with Crippen molar-refractivity contribution in [2.24, 2.45) is 5.10 Å². The van der Waals surface area contributed by atoms with E-state index in [-0.39, 0.29) is 5.82 Å². The van der Waals surface area contributed by atoms with Crippen LogP contribution in [0.3, 0.4) is 0 Å². The maximum atomic E-state index is 13.1. The summed E-state index contributed by atoms with van der Waals surface area (Å²) >= 11 is 1.56. The van der Waals surface area contributed by atoms with Crippen LogP contribution in [-0.2, 0) is 0 Å². The summed E-state index contributed by atoms with van der Waals surface area (Å²) in [5.74, 6) is 1.07. The molecule has 1 aromatic carbocycles. The standard InChI is InChI=1S/C15H10FN5S/c16-12-5-3-10(4-6-12)13-9-22-15-19-18-14(21(15)20-13)11-2-1-7-17-8-11/h1-8H,9H2. The van der Waals surface area contributed by atoms with Gasteiger partial charge in [-0.1, -0.05) is 23.9 Å². The van der Waals surface area contributed by atoms with E-state index < -0.39 is 0 Å². The van der Waals surface area contributed by atoms with Crippen LogP contribution < -0.4 is 0 Å². The highest BCUT2D eigenvalue weighted by Crippen LogP contribution is 2.28. The number of thioether (sulfide) groups is 1. The summed E-state index contributed by atoms with van der Waals surface area (Å²) in [7, 11) is 0. The Morgan fingerprint density at radius 2 is 1.91 bits per heavy atom. The molecule has 0 aliphatic carbocycles. The molecule has 2 aromatic heterocycles. The molecule has 4 rings (SSSR count). The largest absolute Gasteiger partial charge is 0.264 e. The zero-order valence-corrected chi connectivity index (χ0v) is 12.2. The fourth-order valence-corrected chi connectivity index (χ4v) is 3.02. The molecule has 1 aliphatic rings. The first kappa shape index (κ1) is 13.1. The second-order valence-corrected chi connectivity index (χ2v) is 5.64. The third-order valence-corrected chi connectivity index (χ3v) is 4.20. The van der Waals surface area contributed by atoms with Gasteiger partial charge in [-0.3, -0.25) is 4.98 Å². The van der Waals surface area contributed by atoms with Crippen molar-refractivity contribution in [3.05, 3.63) is 60.2 Å². The number of nitrogens with zero attached hydrogens (tertiary/aromatic N) is 5. The van der Waals surface area contributed by atoms with Gasteiger partial charge in [-0.2, -0.15) is 9.78 Å². The SMILES string of the molecule is Fc1ccc(C2=Nn3c(nnc3-c3cccnc3)SC2)cc1. The molecule has 0 radical (unpaired) electrons. The van der Waals surface area contributed by atoms with E-state index in [1.54, 1.807) is 41.0 Å². The lowest BCUT2D eigenvalue weighted by Gasteiger charge is -2.13. The molecule has 0 atom stereocenters. The van der Waals surface area contributed by atoms with E-state index in [2.05, 4.69) is 20.3 Å². The van der Waals surface area contributed by atoms with Gasteiger partial charge in [0.1, 0.15) is 5.82 Å². The molecule has 7 heteroatoms. The summed E-state index contributed by atoms with van der Waals surface area (Å²) in [5.41, 5.74) is 2.61. The van der Waals surface area contributed by atoms with Crippen molar-refractivity contribution in [3.63, 3.8) is 0 Å². The molecule has 0 bridgehead atoms. The van der Waals surface area contributed by atoms with Crippen LogP contribution in [-0.4, -0.2) is 31.3 Å².